The molecule has 0 bridgehead atoms. The number of carbonyl (C=O) groups excluding carboxylic acids is 1. The van der Waals surface area contributed by atoms with Crippen molar-refractivity contribution in [3.05, 3.63) is 34.1 Å². The molecule has 2 rings (SSSR count). The summed E-state index contributed by atoms with van der Waals surface area (Å²) in [5.41, 5.74) is -0.910. The lowest BCUT2D eigenvalue weighted by atomic mass is 9.79. The number of rotatable bonds is 1. The molecular weight excluding hydrogens is 281 g/mol. The molecule has 1 aliphatic heterocycles. The summed E-state index contributed by atoms with van der Waals surface area (Å²) in [4.78, 5) is 14.0. The van der Waals surface area contributed by atoms with Crippen molar-refractivity contribution < 1.29 is 14.3 Å². The predicted molar refractivity (Wildman–Crippen MR) is 76.5 cm³/mol. The van der Waals surface area contributed by atoms with Gasteiger partial charge in [0.15, 0.2) is 0 Å². The maximum atomic E-state index is 13.9. The van der Waals surface area contributed by atoms with Crippen LogP contribution in [0.5, 0.6) is 0 Å². The van der Waals surface area contributed by atoms with Gasteiger partial charge in [0.1, 0.15) is 5.82 Å². The van der Waals surface area contributed by atoms with E-state index in [1.54, 1.807) is 19.9 Å². The number of carbonyl (C=O) groups is 1. The highest BCUT2D eigenvalue weighted by molar-refractivity contribution is 6.34. The molecule has 110 valence electrons. The van der Waals surface area contributed by atoms with Crippen molar-refractivity contribution in [1.82, 2.24) is 4.90 Å². The van der Waals surface area contributed by atoms with Crippen LogP contribution in [0.4, 0.5) is 4.39 Å². The second-order valence-electron chi connectivity index (χ2n) is 6.37. The van der Waals surface area contributed by atoms with Crippen molar-refractivity contribution in [1.29, 1.82) is 0 Å². The smallest absolute Gasteiger partial charge is 0.258 e. The quantitative estimate of drug-likeness (QED) is 0.866. The Balaban J connectivity index is 2.38. The monoisotopic (exact) mass is 299 g/mol. The maximum absolute atomic E-state index is 13.9. The number of likely N-dealkylation sites (tertiary alicyclic amines) is 1. The minimum Gasteiger partial charge on any atom is -0.388 e. The van der Waals surface area contributed by atoms with E-state index in [9.17, 15) is 14.3 Å². The van der Waals surface area contributed by atoms with E-state index in [0.717, 1.165) is 0 Å². The van der Waals surface area contributed by atoms with Gasteiger partial charge in [-0.2, -0.15) is 0 Å². The molecule has 0 aromatic heterocycles. The molecule has 1 aromatic rings. The number of aliphatic hydroxyl groups is 1. The lowest BCUT2D eigenvalue weighted by Gasteiger charge is -2.30. The zero-order valence-corrected chi connectivity index (χ0v) is 12.9. The molecule has 1 saturated heterocycles. The Morgan fingerprint density at radius 2 is 1.95 bits per heavy atom. The second kappa shape index (κ2) is 4.71. The van der Waals surface area contributed by atoms with Gasteiger partial charge >= 0.3 is 0 Å². The average molecular weight is 300 g/mol. The number of β-amino-alcohol motifs (C(OH)–C–C–N with tert-alkyl or cyclic N) is 1. The summed E-state index contributed by atoms with van der Waals surface area (Å²) in [6, 6.07) is 2.78. The Morgan fingerprint density at radius 3 is 2.45 bits per heavy atom. The van der Waals surface area contributed by atoms with E-state index in [1.165, 1.54) is 11.0 Å². The molecule has 0 spiro atoms. The molecule has 1 heterocycles. The zero-order valence-electron chi connectivity index (χ0n) is 12.1. The Kier molecular flexibility index (Phi) is 3.59. The molecule has 0 aliphatic carbocycles. The van der Waals surface area contributed by atoms with Crippen LogP contribution in [0.15, 0.2) is 12.1 Å². The summed E-state index contributed by atoms with van der Waals surface area (Å²) in [6.45, 7) is 7.71. The fraction of sp³-hybridized carbons (Fsp3) is 0.533. The number of hydrogen-bond donors (Lipinski definition) is 1. The van der Waals surface area contributed by atoms with Crippen molar-refractivity contribution in [2.75, 3.05) is 13.1 Å². The Morgan fingerprint density at radius 1 is 1.35 bits per heavy atom. The normalized spacial score (nSPS) is 25.1. The van der Waals surface area contributed by atoms with Gasteiger partial charge < -0.3 is 10.0 Å². The first-order valence-corrected chi connectivity index (χ1v) is 6.91. The van der Waals surface area contributed by atoms with Gasteiger partial charge in [-0.3, -0.25) is 4.79 Å². The summed E-state index contributed by atoms with van der Waals surface area (Å²) in [6.07, 6.45) is 0. The van der Waals surface area contributed by atoms with Gasteiger partial charge in [-0.1, -0.05) is 31.5 Å². The van der Waals surface area contributed by atoms with E-state index in [4.69, 9.17) is 11.6 Å². The van der Waals surface area contributed by atoms with E-state index in [-0.39, 0.29) is 17.1 Å². The molecule has 0 saturated carbocycles. The van der Waals surface area contributed by atoms with Crippen LogP contribution in [0.1, 0.15) is 36.7 Å². The van der Waals surface area contributed by atoms with Crippen molar-refractivity contribution in [3.8, 4) is 0 Å². The van der Waals surface area contributed by atoms with Crippen LogP contribution >= 0.6 is 11.6 Å². The van der Waals surface area contributed by atoms with Gasteiger partial charge in [0.25, 0.3) is 5.91 Å². The molecule has 0 radical (unpaired) electrons. The number of amides is 1. The summed E-state index contributed by atoms with van der Waals surface area (Å²) < 4.78 is 13.9. The van der Waals surface area contributed by atoms with Crippen LogP contribution in [-0.4, -0.2) is 34.6 Å². The summed E-state index contributed by atoms with van der Waals surface area (Å²) in [5.74, 6) is -1.10. The van der Waals surface area contributed by atoms with Gasteiger partial charge in [-0.15, -0.1) is 0 Å². The number of benzene rings is 1. The van der Waals surface area contributed by atoms with E-state index >= 15 is 0 Å². The van der Waals surface area contributed by atoms with E-state index in [1.807, 2.05) is 13.8 Å². The van der Waals surface area contributed by atoms with E-state index < -0.39 is 22.7 Å². The summed E-state index contributed by atoms with van der Waals surface area (Å²) in [5, 5.41) is 10.5. The van der Waals surface area contributed by atoms with Crippen LogP contribution in [-0.2, 0) is 0 Å². The third-order valence-electron chi connectivity index (χ3n) is 4.33. The van der Waals surface area contributed by atoms with E-state index in [2.05, 4.69) is 0 Å². The molecule has 3 nitrogen and oxygen atoms in total. The van der Waals surface area contributed by atoms with Gasteiger partial charge in [0.05, 0.1) is 22.7 Å². The second-order valence-corrected chi connectivity index (χ2v) is 6.75. The van der Waals surface area contributed by atoms with Gasteiger partial charge in [0.2, 0.25) is 0 Å². The third-order valence-corrected chi connectivity index (χ3v) is 4.82. The SMILES string of the molecule is Cc1ccc(F)c(C(=O)N2CC(C)(C)[C@@](C)(O)C2)c1Cl. The fourth-order valence-corrected chi connectivity index (χ4v) is 2.68. The topological polar surface area (TPSA) is 40.5 Å². The average Bonchev–Trinajstić information content (AvgIpc) is 2.54. The first-order chi connectivity index (χ1) is 9.07. The van der Waals surface area contributed by atoms with Gasteiger partial charge in [-0.05, 0) is 25.5 Å². The van der Waals surface area contributed by atoms with Crippen molar-refractivity contribution in [3.63, 3.8) is 0 Å². The molecule has 20 heavy (non-hydrogen) atoms. The number of nitrogens with zero attached hydrogens (tertiary/aromatic N) is 1. The van der Waals surface area contributed by atoms with Crippen LogP contribution in [0, 0.1) is 18.2 Å². The highest BCUT2D eigenvalue weighted by Crippen LogP contribution is 2.39. The van der Waals surface area contributed by atoms with Crippen LogP contribution in [0.25, 0.3) is 0 Å². The lowest BCUT2D eigenvalue weighted by Crippen LogP contribution is -2.40. The highest BCUT2D eigenvalue weighted by atomic mass is 35.5. The fourth-order valence-electron chi connectivity index (χ4n) is 2.44. The predicted octanol–water partition coefficient (Wildman–Crippen LogP) is 3.02. The van der Waals surface area contributed by atoms with E-state index in [0.29, 0.717) is 12.1 Å². The first-order valence-electron chi connectivity index (χ1n) is 6.53. The van der Waals surface area contributed by atoms with Crippen molar-refractivity contribution in [2.24, 2.45) is 5.41 Å². The Hall–Kier alpha value is -1.13. The number of hydrogen-bond acceptors (Lipinski definition) is 2. The molecule has 1 N–H and O–H groups in total. The number of aryl methyl sites for hydroxylation is 1. The Bertz CT molecular complexity index is 553. The highest BCUT2D eigenvalue weighted by Gasteiger charge is 2.49. The van der Waals surface area contributed by atoms with Crippen molar-refractivity contribution >= 4 is 17.5 Å². The summed E-state index contributed by atoms with van der Waals surface area (Å²) >= 11 is 6.06. The molecule has 1 amide bonds. The molecule has 1 fully saturated rings. The van der Waals surface area contributed by atoms with Crippen LogP contribution < -0.4 is 0 Å². The third kappa shape index (κ3) is 2.31. The molecule has 0 unspecified atom stereocenters. The van der Waals surface area contributed by atoms with Gasteiger partial charge in [-0.25, -0.2) is 4.39 Å². The largest absolute Gasteiger partial charge is 0.388 e. The van der Waals surface area contributed by atoms with Crippen molar-refractivity contribution in [2.45, 2.75) is 33.3 Å². The zero-order chi connectivity index (χ0) is 15.3. The molecule has 1 atom stereocenters. The van der Waals surface area contributed by atoms with Crippen LogP contribution in [0.2, 0.25) is 5.02 Å². The lowest BCUT2D eigenvalue weighted by molar-refractivity contribution is -0.0108. The minimum atomic E-state index is -1.00. The standard InChI is InChI=1S/C15H19ClFNO2/c1-9-5-6-10(17)11(12(9)16)13(19)18-7-14(2,3)15(4,20)8-18/h5-6,20H,7-8H2,1-4H3/t15-/m0/s1. The first kappa shape index (κ1) is 15.3. The van der Waals surface area contributed by atoms with Crippen LogP contribution in [0.3, 0.4) is 0 Å². The Labute approximate surface area is 123 Å². The minimum absolute atomic E-state index is 0.111. The molecule has 1 aromatic carbocycles. The van der Waals surface area contributed by atoms with Gasteiger partial charge in [0, 0.05) is 12.0 Å². The summed E-state index contributed by atoms with van der Waals surface area (Å²) in [7, 11) is 0. The maximum Gasteiger partial charge on any atom is 0.258 e. The molecule has 5 heteroatoms. The molecular formula is C15H19ClFNO2. The number of halogens is 2. The molecule has 1 aliphatic rings.